The van der Waals surface area contributed by atoms with Crippen LogP contribution in [-0.4, -0.2) is 25.4 Å². The van der Waals surface area contributed by atoms with E-state index in [0.29, 0.717) is 6.42 Å². The molecule has 1 fully saturated rings. The fourth-order valence-corrected chi connectivity index (χ4v) is 2.92. The third-order valence-electron chi connectivity index (χ3n) is 2.50. The van der Waals surface area contributed by atoms with Crippen molar-refractivity contribution >= 4 is 15.7 Å². The molecule has 1 aliphatic carbocycles. The molecular formula is C9H11N3O4S. The zero-order valence-electron chi connectivity index (χ0n) is 8.74. The molecule has 0 spiro atoms. The molecule has 8 heteroatoms. The van der Waals surface area contributed by atoms with Crippen LogP contribution >= 0.6 is 0 Å². The molecule has 1 aromatic rings. The Bertz CT molecular complexity index is 557. The third kappa shape index (κ3) is 2.43. The number of nitrogens with two attached hydrogens (primary N) is 1. The van der Waals surface area contributed by atoms with E-state index < -0.39 is 20.6 Å². The summed E-state index contributed by atoms with van der Waals surface area (Å²) in [6.07, 6.45) is 0.555. The van der Waals surface area contributed by atoms with Gasteiger partial charge in [0.15, 0.2) is 4.90 Å². The maximum absolute atomic E-state index is 11.9. The molecule has 1 aromatic carbocycles. The molecule has 0 aliphatic heterocycles. The van der Waals surface area contributed by atoms with Crippen LogP contribution in [-0.2, 0) is 10.0 Å². The summed E-state index contributed by atoms with van der Waals surface area (Å²) < 4.78 is 26.1. The number of nitrogens with one attached hydrogen (secondary N) is 1. The minimum Gasteiger partial charge on any atom is -0.326 e. The van der Waals surface area contributed by atoms with Gasteiger partial charge in [0.2, 0.25) is 10.0 Å². The van der Waals surface area contributed by atoms with Crippen LogP contribution in [0.2, 0.25) is 0 Å². The second kappa shape index (κ2) is 4.06. The van der Waals surface area contributed by atoms with Gasteiger partial charge in [0.05, 0.1) is 4.92 Å². The molecule has 2 atom stereocenters. The van der Waals surface area contributed by atoms with Crippen LogP contribution in [0.15, 0.2) is 29.2 Å². The minimum absolute atomic E-state index is 0.201. The smallest absolute Gasteiger partial charge is 0.289 e. The molecule has 92 valence electrons. The lowest BCUT2D eigenvalue weighted by atomic mass is 10.3. The molecule has 3 N–H and O–H groups in total. The molecule has 0 saturated heterocycles. The van der Waals surface area contributed by atoms with Crippen molar-refractivity contribution in [2.45, 2.75) is 23.4 Å². The maximum Gasteiger partial charge on any atom is 0.289 e. The first-order valence-corrected chi connectivity index (χ1v) is 6.41. The Morgan fingerprint density at radius 2 is 2.00 bits per heavy atom. The predicted octanol–water partition coefficient (Wildman–Crippen LogP) is -0.0273. The number of nitro groups is 1. The first kappa shape index (κ1) is 12.0. The average molecular weight is 257 g/mol. The van der Waals surface area contributed by atoms with Crippen molar-refractivity contribution in [2.75, 3.05) is 0 Å². The van der Waals surface area contributed by atoms with Crippen molar-refractivity contribution in [1.82, 2.24) is 4.72 Å². The Hall–Kier alpha value is -1.51. The molecule has 17 heavy (non-hydrogen) atoms. The van der Waals surface area contributed by atoms with Gasteiger partial charge < -0.3 is 5.73 Å². The summed E-state index contributed by atoms with van der Waals surface area (Å²) in [4.78, 5) is 9.67. The van der Waals surface area contributed by atoms with Crippen molar-refractivity contribution in [2.24, 2.45) is 5.73 Å². The monoisotopic (exact) mass is 257 g/mol. The number of sulfonamides is 1. The van der Waals surface area contributed by atoms with Gasteiger partial charge in [-0.1, -0.05) is 12.1 Å². The minimum atomic E-state index is -3.88. The van der Waals surface area contributed by atoms with Crippen LogP contribution in [0.3, 0.4) is 0 Å². The molecule has 0 aromatic heterocycles. The van der Waals surface area contributed by atoms with Gasteiger partial charge in [-0.3, -0.25) is 10.1 Å². The Morgan fingerprint density at radius 1 is 1.41 bits per heavy atom. The highest BCUT2D eigenvalue weighted by atomic mass is 32.2. The standard InChI is InChI=1S/C9H11N3O4S/c10-6-5-7(6)11-17(15,16)9-4-2-1-3-8(9)12(13)14/h1-4,6-7,11H,5,10H2/t6-,7+/m1/s1. The maximum atomic E-state index is 11.9. The highest BCUT2D eigenvalue weighted by molar-refractivity contribution is 7.89. The molecule has 0 amide bonds. The van der Waals surface area contributed by atoms with E-state index in [1.165, 1.54) is 18.2 Å². The Kier molecular flexibility index (Phi) is 2.86. The summed E-state index contributed by atoms with van der Waals surface area (Å²) in [5, 5.41) is 10.7. The summed E-state index contributed by atoms with van der Waals surface area (Å²) in [5.41, 5.74) is 5.05. The highest BCUT2D eigenvalue weighted by Crippen LogP contribution is 2.26. The number of nitro benzene ring substituents is 1. The van der Waals surface area contributed by atoms with Crippen molar-refractivity contribution in [3.8, 4) is 0 Å². The van der Waals surface area contributed by atoms with E-state index in [2.05, 4.69) is 4.72 Å². The zero-order chi connectivity index (χ0) is 12.6. The van der Waals surface area contributed by atoms with Gasteiger partial charge in [-0.15, -0.1) is 0 Å². The SMILES string of the molecule is N[C@@H]1C[C@@H]1NS(=O)(=O)c1ccccc1[N+](=O)[O-]. The number of benzene rings is 1. The fourth-order valence-electron chi connectivity index (χ4n) is 1.45. The molecule has 7 nitrogen and oxygen atoms in total. The Balaban J connectivity index is 2.35. The van der Waals surface area contributed by atoms with Crippen LogP contribution in [0.4, 0.5) is 5.69 Å². The number of hydrogen-bond donors (Lipinski definition) is 2. The fraction of sp³-hybridized carbons (Fsp3) is 0.333. The van der Waals surface area contributed by atoms with Crippen molar-refractivity contribution in [3.05, 3.63) is 34.4 Å². The average Bonchev–Trinajstić information content (AvgIpc) is 2.93. The van der Waals surface area contributed by atoms with Gasteiger partial charge in [0, 0.05) is 18.2 Å². The van der Waals surface area contributed by atoms with E-state index in [-0.39, 0.29) is 17.0 Å². The van der Waals surface area contributed by atoms with Crippen molar-refractivity contribution < 1.29 is 13.3 Å². The predicted molar refractivity (Wildman–Crippen MR) is 59.8 cm³/mol. The van der Waals surface area contributed by atoms with Gasteiger partial charge in [0.1, 0.15) is 0 Å². The molecule has 2 rings (SSSR count). The van der Waals surface area contributed by atoms with Gasteiger partial charge in [0.25, 0.3) is 5.69 Å². The van der Waals surface area contributed by atoms with E-state index in [4.69, 9.17) is 5.73 Å². The number of rotatable bonds is 4. The number of para-hydroxylation sites is 1. The molecule has 0 heterocycles. The zero-order valence-corrected chi connectivity index (χ0v) is 9.55. The second-order valence-electron chi connectivity index (χ2n) is 3.85. The quantitative estimate of drug-likeness (QED) is 0.580. The Morgan fingerprint density at radius 3 is 2.53 bits per heavy atom. The first-order valence-electron chi connectivity index (χ1n) is 4.93. The first-order chi connectivity index (χ1) is 7.92. The Labute approximate surface area is 97.8 Å². The lowest BCUT2D eigenvalue weighted by Crippen LogP contribution is -2.30. The lowest BCUT2D eigenvalue weighted by Gasteiger charge is -2.05. The molecular weight excluding hydrogens is 246 g/mol. The van der Waals surface area contributed by atoms with Gasteiger partial charge in [-0.25, -0.2) is 13.1 Å². The molecule has 1 saturated carbocycles. The normalized spacial score (nSPS) is 23.4. The molecule has 1 aliphatic rings. The van der Waals surface area contributed by atoms with Gasteiger partial charge in [-0.05, 0) is 12.5 Å². The van der Waals surface area contributed by atoms with E-state index in [9.17, 15) is 18.5 Å². The van der Waals surface area contributed by atoms with E-state index in [1.807, 2.05) is 0 Å². The molecule has 0 unspecified atom stereocenters. The van der Waals surface area contributed by atoms with Crippen LogP contribution in [0.1, 0.15) is 6.42 Å². The topological polar surface area (TPSA) is 115 Å². The van der Waals surface area contributed by atoms with E-state index >= 15 is 0 Å². The van der Waals surface area contributed by atoms with Crippen LogP contribution in [0.25, 0.3) is 0 Å². The van der Waals surface area contributed by atoms with Crippen molar-refractivity contribution in [3.63, 3.8) is 0 Å². The summed E-state index contributed by atoms with van der Waals surface area (Å²) in [6, 6.07) is 4.69. The lowest BCUT2D eigenvalue weighted by molar-refractivity contribution is -0.387. The van der Waals surface area contributed by atoms with E-state index in [1.54, 1.807) is 0 Å². The third-order valence-corrected chi connectivity index (χ3v) is 4.04. The van der Waals surface area contributed by atoms with Gasteiger partial charge in [-0.2, -0.15) is 0 Å². The van der Waals surface area contributed by atoms with Crippen LogP contribution in [0, 0.1) is 10.1 Å². The largest absolute Gasteiger partial charge is 0.326 e. The van der Waals surface area contributed by atoms with E-state index in [0.717, 1.165) is 6.07 Å². The summed E-state index contributed by atoms with van der Waals surface area (Å²) in [7, 11) is -3.88. The highest BCUT2D eigenvalue weighted by Gasteiger charge is 2.38. The van der Waals surface area contributed by atoms with Gasteiger partial charge >= 0.3 is 0 Å². The summed E-state index contributed by atoms with van der Waals surface area (Å²) in [5.74, 6) is 0. The molecule has 0 bridgehead atoms. The summed E-state index contributed by atoms with van der Waals surface area (Å²) >= 11 is 0. The second-order valence-corrected chi connectivity index (χ2v) is 5.53. The number of hydrogen-bond acceptors (Lipinski definition) is 5. The summed E-state index contributed by atoms with van der Waals surface area (Å²) in [6.45, 7) is 0. The van der Waals surface area contributed by atoms with Crippen LogP contribution in [0.5, 0.6) is 0 Å². The van der Waals surface area contributed by atoms with Crippen LogP contribution < -0.4 is 10.5 Å². The van der Waals surface area contributed by atoms with Crippen molar-refractivity contribution in [1.29, 1.82) is 0 Å². The molecule has 0 radical (unpaired) electrons. The number of nitrogens with zero attached hydrogens (tertiary/aromatic N) is 1.